The van der Waals surface area contributed by atoms with Gasteiger partial charge in [0.1, 0.15) is 29.0 Å². The molecule has 0 saturated carbocycles. The molecule has 1 aromatic heterocycles. The standard InChI is InChI=1S/C13H13F2N3O/c1-7-16-17-12-3-8(6-18(7)12)13-10(14)4-9(19-2)5-11(13)15/h4-5,8H,3,6H2,1-2H3/t8-/m0/s1. The summed E-state index contributed by atoms with van der Waals surface area (Å²) in [6.07, 6.45) is 0.501. The smallest absolute Gasteiger partial charge is 0.133 e. The van der Waals surface area contributed by atoms with Crippen LogP contribution >= 0.6 is 0 Å². The Bertz CT molecular complexity index is 616. The SMILES string of the molecule is COc1cc(F)c([C@H]2Cc3nnc(C)n3C2)c(F)c1. The number of ether oxygens (including phenoxy) is 1. The Morgan fingerprint density at radius 2 is 1.95 bits per heavy atom. The summed E-state index contributed by atoms with van der Waals surface area (Å²) in [5.74, 6) is 0.350. The summed E-state index contributed by atoms with van der Waals surface area (Å²) >= 11 is 0. The minimum atomic E-state index is -0.571. The van der Waals surface area contributed by atoms with E-state index < -0.39 is 11.6 Å². The zero-order valence-corrected chi connectivity index (χ0v) is 10.7. The van der Waals surface area contributed by atoms with Crippen LogP contribution in [0.1, 0.15) is 23.1 Å². The highest BCUT2D eigenvalue weighted by atomic mass is 19.1. The first-order chi connectivity index (χ1) is 9.10. The molecule has 0 radical (unpaired) electrons. The molecule has 2 aromatic rings. The third-order valence-electron chi connectivity index (χ3n) is 3.54. The van der Waals surface area contributed by atoms with E-state index in [9.17, 15) is 8.78 Å². The van der Waals surface area contributed by atoms with Crippen LogP contribution in [0.2, 0.25) is 0 Å². The van der Waals surface area contributed by atoms with Crippen LogP contribution in [0, 0.1) is 18.6 Å². The Balaban J connectivity index is 1.97. The fourth-order valence-electron chi connectivity index (χ4n) is 2.58. The number of hydrogen-bond donors (Lipinski definition) is 0. The van der Waals surface area contributed by atoms with Crippen molar-refractivity contribution in [1.29, 1.82) is 0 Å². The van der Waals surface area contributed by atoms with Gasteiger partial charge >= 0.3 is 0 Å². The maximum Gasteiger partial charge on any atom is 0.133 e. The lowest BCUT2D eigenvalue weighted by atomic mass is 9.96. The van der Waals surface area contributed by atoms with Crippen molar-refractivity contribution < 1.29 is 13.5 Å². The van der Waals surface area contributed by atoms with Crippen LogP contribution in [0.4, 0.5) is 8.78 Å². The lowest BCUT2D eigenvalue weighted by Crippen LogP contribution is -2.08. The molecule has 0 saturated heterocycles. The van der Waals surface area contributed by atoms with Crippen molar-refractivity contribution in [3.8, 4) is 5.75 Å². The minimum Gasteiger partial charge on any atom is -0.497 e. The molecule has 0 unspecified atom stereocenters. The molecule has 0 bridgehead atoms. The average Bonchev–Trinajstić information content (AvgIpc) is 2.91. The second kappa shape index (κ2) is 4.29. The molecular weight excluding hydrogens is 252 g/mol. The predicted octanol–water partition coefficient (Wildman–Crippen LogP) is 2.21. The Morgan fingerprint density at radius 1 is 1.26 bits per heavy atom. The van der Waals surface area contributed by atoms with Crippen molar-refractivity contribution in [3.05, 3.63) is 41.0 Å². The quantitative estimate of drug-likeness (QED) is 0.835. The monoisotopic (exact) mass is 265 g/mol. The third-order valence-corrected chi connectivity index (χ3v) is 3.54. The summed E-state index contributed by atoms with van der Waals surface area (Å²) in [6, 6.07) is 2.43. The van der Waals surface area contributed by atoms with Crippen LogP contribution < -0.4 is 4.74 Å². The summed E-state index contributed by atoms with van der Waals surface area (Å²) in [6.45, 7) is 2.34. The number of halogens is 2. The van der Waals surface area contributed by atoms with Gasteiger partial charge in [0.25, 0.3) is 0 Å². The molecule has 100 valence electrons. The van der Waals surface area contributed by atoms with Crippen LogP contribution in [0.5, 0.6) is 5.75 Å². The Kier molecular flexibility index (Phi) is 2.73. The fraction of sp³-hybridized carbons (Fsp3) is 0.385. The molecule has 6 heteroatoms. The number of hydrogen-bond acceptors (Lipinski definition) is 3. The van der Waals surface area contributed by atoms with Gasteiger partial charge in [0.05, 0.1) is 7.11 Å². The van der Waals surface area contributed by atoms with E-state index in [1.165, 1.54) is 19.2 Å². The second-order valence-electron chi connectivity index (χ2n) is 4.68. The number of nitrogens with zero attached hydrogens (tertiary/aromatic N) is 3. The molecule has 1 aliphatic rings. The van der Waals surface area contributed by atoms with Gasteiger partial charge in [-0.2, -0.15) is 0 Å². The Labute approximate surface area is 109 Å². The molecule has 1 aliphatic heterocycles. The zero-order chi connectivity index (χ0) is 13.6. The van der Waals surface area contributed by atoms with E-state index in [-0.39, 0.29) is 17.2 Å². The van der Waals surface area contributed by atoms with Gasteiger partial charge in [0.2, 0.25) is 0 Å². The molecule has 0 amide bonds. The van der Waals surface area contributed by atoms with E-state index in [1.807, 2.05) is 11.5 Å². The zero-order valence-electron chi connectivity index (χ0n) is 10.7. The van der Waals surface area contributed by atoms with Crippen LogP contribution in [0.3, 0.4) is 0 Å². The normalized spacial score (nSPS) is 17.6. The van der Waals surface area contributed by atoms with Gasteiger partial charge in [-0.05, 0) is 6.92 Å². The van der Waals surface area contributed by atoms with Crippen molar-refractivity contribution in [2.75, 3.05) is 7.11 Å². The van der Waals surface area contributed by atoms with Crippen LogP contribution in [-0.4, -0.2) is 21.9 Å². The maximum atomic E-state index is 14.0. The van der Waals surface area contributed by atoms with Gasteiger partial charge in [0.15, 0.2) is 0 Å². The van der Waals surface area contributed by atoms with Crippen molar-refractivity contribution in [1.82, 2.24) is 14.8 Å². The van der Waals surface area contributed by atoms with Gasteiger partial charge < -0.3 is 9.30 Å². The van der Waals surface area contributed by atoms with Gasteiger partial charge in [-0.1, -0.05) is 0 Å². The molecule has 0 aliphatic carbocycles. The van der Waals surface area contributed by atoms with Gasteiger partial charge in [-0.25, -0.2) is 8.78 Å². The van der Waals surface area contributed by atoms with Crippen LogP contribution in [0.15, 0.2) is 12.1 Å². The highest BCUT2D eigenvalue weighted by Crippen LogP contribution is 2.34. The molecule has 1 aromatic carbocycles. The van der Waals surface area contributed by atoms with Crippen LogP contribution in [0.25, 0.3) is 0 Å². The fourth-order valence-corrected chi connectivity index (χ4v) is 2.58. The molecule has 3 rings (SSSR count). The first kappa shape index (κ1) is 12.1. The molecule has 0 N–H and O–H groups in total. The van der Waals surface area contributed by atoms with Crippen molar-refractivity contribution >= 4 is 0 Å². The van der Waals surface area contributed by atoms with Crippen molar-refractivity contribution in [2.45, 2.75) is 25.8 Å². The predicted molar refractivity (Wildman–Crippen MR) is 64.1 cm³/mol. The summed E-state index contributed by atoms with van der Waals surface area (Å²) in [7, 11) is 1.38. The first-order valence-electron chi connectivity index (χ1n) is 6.01. The Hall–Kier alpha value is -1.98. The average molecular weight is 265 g/mol. The molecule has 0 spiro atoms. The minimum absolute atomic E-state index is 0.103. The van der Waals surface area contributed by atoms with E-state index in [4.69, 9.17) is 4.74 Å². The maximum absolute atomic E-state index is 14.0. The van der Waals surface area contributed by atoms with E-state index in [1.54, 1.807) is 0 Å². The van der Waals surface area contributed by atoms with E-state index in [0.717, 1.165) is 11.6 Å². The largest absolute Gasteiger partial charge is 0.497 e. The first-order valence-corrected chi connectivity index (χ1v) is 6.01. The van der Waals surface area contributed by atoms with Crippen LogP contribution in [-0.2, 0) is 13.0 Å². The second-order valence-corrected chi connectivity index (χ2v) is 4.68. The number of aromatic nitrogens is 3. The number of fused-ring (bicyclic) bond motifs is 1. The summed E-state index contributed by atoms with van der Waals surface area (Å²) < 4.78 is 34.8. The van der Waals surface area contributed by atoms with E-state index in [2.05, 4.69) is 10.2 Å². The lowest BCUT2D eigenvalue weighted by Gasteiger charge is -2.13. The van der Waals surface area contributed by atoms with E-state index in [0.29, 0.717) is 13.0 Å². The molecule has 4 nitrogen and oxygen atoms in total. The lowest BCUT2D eigenvalue weighted by molar-refractivity contribution is 0.403. The number of methoxy groups -OCH3 is 1. The summed E-state index contributed by atoms with van der Waals surface area (Å²) in [5.41, 5.74) is 0.103. The molecule has 0 fully saturated rings. The van der Waals surface area contributed by atoms with Gasteiger partial charge in [0, 0.05) is 36.6 Å². The molecule has 19 heavy (non-hydrogen) atoms. The highest BCUT2D eigenvalue weighted by molar-refractivity contribution is 5.34. The molecule has 2 heterocycles. The van der Waals surface area contributed by atoms with Crippen molar-refractivity contribution in [3.63, 3.8) is 0 Å². The Morgan fingerprint density at radius 3 is 2.53 bits per heavy atom. The van der Waals surface area contributed by atoms with Crippen molar-refractivity contribution in [2.24, 2.45) is 0 Å². The number of aryl methyl sites for hydroxylation is 1. The van der Waals surface area contributed by atoms with Gasteiger partial charge in [-0.15, -0.1) is 10.2 Å². The third kappa shape index (κ3) is 1.87. The van der Waals surface area contributed by atoms with E-state index >= 15 is 0 Å². The number of rotatable bonds is 2. The van der Waals surface area contributed by atoms with Gasteiger partial charge in [-0.3, -0.25) is 0 Å². The molecule has 1 atom stereocenters. The summed E-state index contributed by atoms with van der Waals surface area (Å²) in [5, 5.41) is 7.95. The number of benzene rings is 1. The summed E-state index contributed by atoms with van der Waals surface area (Å²) in [4.78, 5) is 0. The highest BCUT2D eigenvalue weighted by Gasteiger charge is 2.30. The molecular formula is C13H13F2N3O. The topological polar surface area (TPSA) is 39.9 Å².